The van der Waals surface area contributed by atoms with Gasteiger partial charge in [-0.3, -0.25) is 4.79 Å². The third-order valence-corrected chi connectivity index (χ3v) is 5.21. The summed E-state index contributed by atoms with van der Waals surface area (Å²) in [4.78, 5) is 12.3. The molecule has 0 saturated carbocycles. The van der Waals surface area contributed by atoms with Crippen LogP contribution in [0.5, 0.6) is 0 Å². The van der Waals surface area contributed by atoms with Crippen LogP contribution in [0.2, 0.25) is 0 Å². The molecule has 0 atom stereocenters. The molecule has 1 rings (SSSR count). The molecule has 124 valence electrons. The van der Waals surface area contributed by atoms with E-state index in [2.05, 4.69) is 18.4 Å². The predicted octanol–water partition coefficient (Wildman–Crippen LogP) is 3.14. The van der Waals surface area contributed by atoms with Gasteiger partial charge in [-0.05, 0) is 37.3 Å². The van der Waals surface area contributed by atoms with Gasteiger partial charge in [-0.15, -0.1) is 0 Å². The van der Waals surface area contributed by atoms with Crippen LogP contribution >= 0.6 is 0 Å². The number of benzene rings is 1. The van der Waals surface area contributed by atoms with Crippen molar-refractivity contribution in [2.24, 2.45) is 5.41 Å². The highest BCUT2D eigenvalue weighted by Gasteiger charge is 2.31. The summed E-state index contributed by atoms with van der Waals surface area (Å²) in [7, 11) is -3.97. The summed E-state index contributed by atoms with van der Waals surface area (Å²) in [6, 6.07) is 6.37. The monoisotopic (exact) mass is 333 g/mol. The molecule has 0 aliphatic carbocycles. The van der Waals surface area contributed by atoms with Crippen molar-refractivity contribution in [1.82, 2.24) is 4.31 Å². The van der Waals surface area contributed by atoms with E-state index < -0.39 is 15.9 Å². The van der Waals surface area contributed by atoms with Crippen molar-refractivity contribution in [1.29, 1.82) is 0 Å². The Labute approximate surface area is 139 Å². The van der Waals surface area contributed by atoms with Crippen LogP contribution in [0.25, 0.3) is 0 Å². The Hall–Kier alpha value is -2.06. The molecule has 1 aromatic carbocycles. The van der Waals surface area contributed by atoms with Crippen LogP contribution in [-0.4, -0.2) is 25.2 Å². The van der Waals surface area contributed by atoms with Crippen molar-refractivity contribution in [2.75, 3.05) is 6.54 Å². The lowest BCUT2D eigenvalue weighted by molar-refractivity contribution is -0.120. The van der Waals surface area contributed by atoms with E-state index in [1.165, 1.54) is 19.1 Å². The highest BCUT2D eigenvalue weighted by Crippen LogP contribution is 2.26. The lowest BCUT2D eigenvalue weighted by Crippen LogP contribution is -2.39. The number of aryl methyl sites for hydroxylation is 1. The van der Waals surface area contributed by atoms with Gasteiger partial charge in [0.2, 0.25) is 0 Å². The van der Waals surface area contributed by atoms with E-state index >= 15 is 0 Å². The van der Waals surface area contributed by atoms with Crippen molar-refractivity contribution >= 4 is 15.9 Å². The minimum atomic E-state index is -3.97. The quantitative estimate of drug-likeness (QED) is 0.628. The molecule has 0 bridgehead atoms. The van der Waals surface area contributed by atoms with Gasteiger partial charge >= 0.3 is 5.91 Å². The maximum Gasteiger partial charge on any atom is 0.312 e. The number of sulfonamides is 1. The Kier molecular flexibility index (Phi) is 5.79. The Balaban J connectivity index is 3.32. The molecule has 0 aliphatic rings. The fraction of sp³-hybridized carbons (Fsp3) is 0.389. The van der Waals surface area contributed by atoms with Gasteiger partial charge in [-0.25, -0.2) is 12.7 Å². The van der Waals surface area contributed by atoms with Gasteiger partial charge in [0.05, 0.1) is 11.4 Å². The zero-order chi connectivity index (χ0) is 17.8. The lowest BCUT2D eigenvalue weighted by atomic mass is 9.87. The third kappa shape index (κ3) is 4.70. The Morgan fingerprint density at radius 1 is 1.22 bits per heavy atom. The van der Waals surface area contributed by atoms with Gasteiger partial charge in [0, 0.05) is 0 Å². The summed E-state index contributed by atoms with van der Waals surface area (Å²) >= 11 is 0. The molecule has 23 heavy (non-hydrogen) atoms. The van der Waals surface area contributed by atoms with Gasteiger partial charge in [-0.2, -0.15) is 0 Å². The van der Waals surface area contributed by atoms with Crippen LogP contribution in [0.1, 0.15) is 33.3 Å². The summed E-state index contributed by atoms with van der Waals surface area (Å²) in [6.07, 6.45) is 0. The molecule has 0 fully saturated rings. The fourth-order valence-electron chi connectivity index (χ4n) is 1.68. The number of carbonyl (C=O) groups excluding carboxylic acids is 1. The first-order valence-electron chi connectivity index (χ1n) is 7.24. The zero-order valence-electron chi connectivity index (χ0n) is 14.3. The molecule has 0 N–H and O–H groups in total. The number of hydrogen-bond acceptors (Lipinski definition) is 3. The van der Waals surface area contributed by atoms with E-state index in [1.807, 2.05) is 27.7 Å². The second-order valence-corrected chi connectivity index (χ2v) is 8.22. The highest BCUT2D eigenvalue weighted by atomic mass is 32.2. The van der Waals surface area contributed by atoms with Crippen molar-refractivity contribution in [2.45, 2.75) is 39.5 Å². The smallest absolute Gasteiger partial charge is 0.258 e. The molecule has 1 amide bonds. The van der Waals surface area contributed by atoms with Gasteiger partial charge in [0.1, 0.15) is 0 Å². The Bertz CT molecular complexity index is 757. The van der Waals surface area contributed by atoms with Crippen LogP contribution in [-0.2, 0) is 14.8 Å². The van der Waals surface area contributed by atoms with E-state index in [0.717, 1.165) is 9.87 Å². The van der Waals surface area contributed by atoms with Crippen LogP contribution in [0.3, 0.4) is 0 Å². The first-order valence-corrected chi connectivity index (χ1v) is 8.68. The first-order chi connectivity index (χ1) is 10.5. The van der Waals surface area contributed by atoms with E-state index in [9.17, 15) is 13.2 Å². The average molecular weight is 333 g/mol. The SMILES string of the molecule is C=C(CN(C(=O)C#CC)S(=O)(=O)c1ccc(C)cc1)C(C)(C)C. The molecule has 0 aromatic heterocycles. The molecule has 1 aromatic rings. The second kappa shape index (κ2) is 7.01. The largest absolute Gasteiger partial charge is 0.312 e. The molecule has 5 heteroatoms. The van der Waals surface area contributed by atoms with Gasteiger partial charge in [0.15, 0.2) is 0 Å². The van der Waals surface area contributed by atoms with E-state index in [0.29, 0.717) is 5.57 Å². The summed E-state index contributed by atoms with van der Waals surface area (Å²) < 4.78 is 26.4. The molecule has 0 aliphatic heterocycles. The van der Waals surface area contributed by atoms with Crippen molar-refractivity contribution in [3.8, 4) is 11.8 Å². The number of amides is 1. The summed E-state index contributed by atoms with van der Waals surface area (Å²) in [6.45, 7) is 12.9. The molecule has 0 unspecified atom stereocenters. The normalized spacial score (nSPS) is 11.3. The summed E-state index contributed by atoms with van der Waals surface area (Å²) in [5.74, 6) is 4.01. The number of nitrogens with zero attached hydrogens (tertiary/aromatic N) is 1. The van der Waals surface area contributed by atoms with Crippen LogP contribution in [0, 0.1) is 24.2 Å². The molecule has 0 radical (unpaired) electrons. The second-order valence-electron chi connectivity index (χ2n) is 6.36. The maximum absolute atomic E-state index is 12.8. The standard InChI is InChI=1S/C18H23NO3S/c1-7-8-17(20)19(13-15(3)18(4,5)6)23(21,22)16-11-9-14(2)10-12-16/h9-12H,3,13H2,1-2,4-6H3. The number of hydrogen-bond donors (Lipinski definition) is 0. The van der Waals surface area contributed by atoms with Crippen molar-refractivity contribution in [3.63, 3.8) is 0 Å². The minimum absolute atomic E-state index is 0.0658. The lowest BCUT2D eigenvalue weighted by Gasteiger charge is -2.27. The van der Waals surface area contributed by atoms with Gasteiger partial charge in [0.25, 0.3) is 10.0 Å². The average Bonchev–Trinajstić information content (AvgIpc) is 2.43. The minimum Gasteiger partial charge on any atom is -0.258 e. The number of rotatable bonds is 4. The van der Waals surface area contributed by atoms with E-state index in [-0.39, 0.29) is 16.9 Å². The Morgan fingerprint density at radius 2 is 1.74 bits per heavy atom. The zero-order valence-corrected chi connectivity index (χ0v) is 15.1. The van der Waals surface area contributed by atoms with Crippen molar-refractivity contribution < 1.29 is 13.2 Å². The van der Waals surface area contributed by atoms with Crippen LogP contribution < -0.4 is 0 Å². The summed E-state index contributed by atoms with van der Waals surface area (Å²) in [5, 5.41) is 0. The van der Waals surface area contributed by atoms with Crippen molar-refractivity contribution in [3.05, 3.63) is 42.0 Å². The van der Waals surface area contributed by atoms with Gasteiger partial charge in [-0.1, -0.05) is 56.5 Å². The topological polar surface area (TPSA) is 54.5 Å². The number of carbonyl (C=O) groups is 1. The van der Waals surface area contributed by atoms with Crippen LogP contribution in [0.4, 0.5) is 0 Å². The van der Waals surface area contributed by atoms with Crippen LogP contribution in [0.15, 0.2) is 41.3 Å². The first kappa shape index (κ1) is 19.0. The highest BCUT2D eigenvalue weighted by molar-refractivity contribution is 7.89. The fourth-order valence-corrected chi connectivity index (χ4v) is 3.01. The predicted molar refractivity (Wildman–Crippen MR) is 92.1 cm³/mol. The molecule has 4 nitrogen and oxygen atoms in total. The van der Waals surface area contributed by atoms with E-state index in [1.54, 1.807) is 12.1 Å². The van der Waals surface area contributed by atoms with E-state index in [4.69, 9.17) is 0 Å². The molecule has 0 heterocycles. The summed E-state index contributed by atoms with van der Waals surface area (Å²) in [5.41, 5.74) is 1.26. The molecule has 0 spiro atoms. The molecular weight excluding hydrogens is 310 g/mol. The molecule has 0 saturated heterocycles. The third-order valence-electron chi connectivity index (χ3n) is 3.46. The maximum atomic E-state index is 12.8. The van der Waals surface area contributed by atoms with Gasteiger partial charge < -0.3 is 0 Å². The molecular formula is C18H23NO3S. The Morgan fingerprint density at radius 3 is 2.17 bits per heavy atom.